The van der Waals surface area contributed by atoms with E-state index in [0.717, 1.165) is 22.6 Å². The van der Waals surface area contributed by atoms with E-state index in [2.05, 4.69) is 16.4 Å². The van der Waals surface area contributed by atoms with Crippen LogP contribution < -0.4 is 10.5 Å². The van der Waals surface area contributed by atoms with E-state index >= 15 is 0 Å². The molecular weight excluding hydrogens is 358 g/mol. The lowest BCUT2D eigenvalue weighted by atomic mass is 10.1. The highest BCUT2D eigenvalue weighted by atomic mass is 32.2. The van der Waals surface area contributed by atoms with Crippen molar-refractivity contribution in [3.05, 3.63) is 64.5 Å². The molecule has 0 fully saturated rings. The lowest BCUT2D eigenvalue weighted by Crippen LogP contribution is -2.14. The van der Waals surface area contributed by atoms with Gasteiger partial charge in [0.1, 0.15) is 0 Å². The van der Waals surface area contributed by atoms with Crippen molar-refractivity contribution in [1.82, 2.24) is 4.98 Å². The molecule has 3 aromatic rings. The molecule has 3 N–H and O–H groups in total. The summed E-state index contributed by atoms with van der Waals surface area (Å²) in [6, 6.07) is 13.5. The third-order valence-corrected chi connectivity index (χ3v) is 5.89. The Bertz CT molecular complexity index is 1090. The van der Waals surface area contributed by atoms with Crippen LogP contribution in [0, 0.1) is 0 Å². The first-order valence-corrected chi connectivity index (χ1v) is 9.80. The molecule has 2 aromatic carbocycles. The van der Waals surface area contributed by atoms with Crippen molar-refractivity contribution >= 4 is 32.4 Å². The smallest absolute Gasteiger partial charge is 0.257 e. The van der Waals surface area contributed by atoms with Crippen molar-refractivity contribution in [2.24, 2.45) is 5.14 Å². The molecule has 1 aliphatic rings. The number of carbonyl (C=O) groups excluding carboxylic acids is 1. The number of hydrogen-bond donors (Lipinski definition) is 2. The number of carbonyl (C=O) groups is 1. The third kappa shape index (κ3) is 2.95. The number of primary sulfonamides is 1. The summed E-state index contributed by atoms with van der Waals surface area (Å²) in [5.41, 5.74) is 3.60. The number of nitrogens with two attached hydrogens (primary N) is 1. The van der Waals surface area contributed by atoms with Gasteiger partial charge in [0.2, 0.25) is 10.0 Å². The zero-order chi connectivity index (χ0) is 17.6. The number of aromatic nitrogens is 1. The van der Waals surface area contributed by atoms with Crippen molar-refractivity contribution in [3.8, 4) is 11.3 Å². The maximum absolute atomic E-state index is 12.3. The first kappa shape index (κ1) is 15.9. The monoisotopic (exact) mass is 371 g/mol. The first-order chi connectivity index (χ1) is 11.9. The van der Waals surface area contributed by atoms with Gasteiger partial charge in [-0.2, -0.15) is 0 Å². The van der Waals surface area contributed by atoms with E-state index in [4.69, 9.17) is 5.14 Å². The van der Waals surface area contributed by atoms with Crippen LogP contribution in [0.25, 0.3) is 11.3 Å². The molecule has 1 aliphatic carbocycles. The molecule has 0 atom stereocenters. The van der Waals surface area contributed by atoms with Gasteiger partial charge in [-0.3, -0.25) is 10.1 Å². The quantitative estimate of drug-likeness (QED) is 0.578. The van der Waals surface area contributed by atoms with Crippen molar-refractivity contribution in [2.75, 3.05) is 5.32 Å². The molecule has 0 spiro atoms. The molecule has 0 saturated carbocycles. The normalized spacial score (nSPS) is 12.5. The van der Waals surface area contributed by atoms with Gasteiger partial charge in [-0.25, -0.2) is 18.5 Å². The van der Waals surface area contributed by atoms with E-state index in [-0.39, 0.29) is 10.8 Å². The summed E-state index contributed by atoms with van der Waals surface area (Å²) in [5, 5.41) is 8.34. The SMILES string of the molecule is NS(=O)(=O)c1ccc(C(=O)Nc2nc3c(s2)Cc2ccccc2-3)cc1. The lowest BCUT2D eigenvalue weighted by Gasteiger charge is -2.03. The van der Waals surface area contributed by atoms with Crippen LogP contribution in [0.4, 0.5) is 5.13 Å². The van der Waals surface area contributed by atoms with Crippen LogP contribution >= 0.6 is 11.3 Å². The zero-order valence-electron chi connectivity index (χ0n) is 12.9. The Morgan fingerprint density at radius 2 is 1.84 bits per heavy atom. The Labute approximate surface area is 148 Å². The van der Waals surface area contributed by atoms with Gasteiger partial charge in [-0.05, 0) is 29.8 Å². The van der Waals surface area contributed by atoms with Crippen LogP contribution in [0.1, 0.15) is 20.8 Å². The number of sulfonamides is 1. The molecule has 0 radical (unpaired) electrons. The van der Waals surface area contributed by atoms with E-state index in [1.54, 1.807) is 0 Å². The van der Waals surface area contributed by atoms with Crippen LogP contribution in [0.5, 0.6) is 0 Å². The average molecular weight is 371 g/mol. The predicted octanol–water partition coefficient (Wildman–Crippen LogP) is 2.61. The number of amides is 1. The second-order valence-corrected chi connectivity index (χ2v) is 8.29. The minimum atomic E-state index is -3.77. The Morgan fingerprint density at radius 1 is 1.12 bits per heavy atom. The Kier molecular flexibility index (Phi) is 3.68. The highest BCUT2D eigenvalue weighted by molar-refractivity contribution is 7.89. The highest BCUT2D eigenvalue weighted by Crippen LogP contribution is 2.40. The topological polar surface area (TPSA) is 102 Å². The number of thiazole rings is 1. The molecule has 1 heterocycles. The maximum Gasteiger partial charge on any atom is 0.257 e. The minimum Gasteiger partial charge on any atom is -0.298 e. The fraction of sp³-hybridized carbons (Fsp3) is 0.0588. The fourth-order valence-corrected chi connectivity index (χ4v) is 4.29. The van der Waals surface area contributed by atoms with Crippen molar-refractivity contribution in [2.45, 2.75) is 11.3 Å². The lowest BCUT2D eigenvalue weighted by molar-refractivity contribution is 0.102. The molecule has 0 bridgehead atoms. The first-order valence-electron chi connectivity index (χ1n) is 7.44. The molecule has 25 heavy (non-hydrogen) atoms. The third-order valence-electron chi connectivity index (χ3n) is 3.99. The van der Waals surface area contributed by atoms with E-state index < -0.39 is 10.0 Å². The number of nitrogens with zero attached hydrogens (tertiary/aromatic N) is 1. The van der Waals surface area contributed by atoms with Gasteiger partial charge in [0.15, 0.2) is 5.13 Å². The Balaban J connectivity index is 1.55. The van der Waals surface area contributed by atoms with Gasteiger partial charge in [0, 0.05) is 22.4 Å². The molecule has 1 amide bonds. The second-order valence-electron chi connectivity index (χ2n) is 5.65. The molecule has 1 aromatic heterocycles. The van der Waals surface area contributed by atoms with Crippen LogP contribution in [0.3, 0.4) is 0 Å². The standard InChI is InChI=1S/C17H13N3O3S2/c18-25(22,23)12-7-5-10(6-8-12)16(21)20-17-19-15-13-4-2-1-3-11(13)9-14(15)24-17/h1-8H,9H2,(H2,18,22,23)(H,19,20,21). The summed E-state index contributed by atoms with van der Waals surface area (Å²) in [6.07, 6.45) is 0.822. The van der Waals surface area contributed by atoms with Crippen LogP contribution in [0.2, 0.25) is 0 Å². The second kappa shape index (κ2) is 5.76. The van der Waals surface area contributed by atoms with Crippen molar-refractivity contribution in [3.63, 3.8) is 0 Å². The number of rotatable bonds is 3. The van der Waals surface area contributed by atoms with Gasteiger partial charge < -0.3 is 0 Å². The molecule has 0 saturated heterocycles. The van der Waals surface area contributed by atoms with E-state index in [1.165, 1.54) is 41.2 Å². The van der Waals surface area contributed by atoms with Crippen LogP contribution in [0.15, 0.2) is 53.4 Å². The molecule has 4 rings (SSSR count). The number of benzene rings is 2. The summed E-state index contributed by atoms with van der Waals surface area (Å²) in [5.74, 6) is -0.346. The van der Waals surface area contributed by atoms with Gasteiger partial charge in [0.25, 0.3) is 5.91 Å². The Morgan fingerprint density at radius 3 is 2.56 bits per heavy atom. The molecular formula is C17H13N3O3S2. The Hall–Kier alpha value is -2.55. The van der Waals surface area contributed by atoms with Gasteiger partial charge in [-0.1, -0.05) is 24.3 Å². The summed E-state index contributed by atoms with van der Waals surface area (Å²) in [6.45, 7) is 0. The summed E-state index contributed by atoms with van der Waals surface area (Å²) >= 11 is 1.45. The maximum atomic E-state index is 12.3. The van der Waals surface area contributed by atoms with Gasteiger partial charge in [0.05, 0.1) is 10.6 Å². The molecule has 6 nitrogen and oxygen atoms in total. The van der Waals surface area contributed by atoms with Gasteiger partial charge in [-0.15, -0.1) is 11.3 Å². The fourth-order valence-electron chi connectivity index (χ4n) is 2.78. The number of hydrogen-bond acceptors (Lipinski definition) is 5. The number of anilines is 1. The minimum absolute atomic E-state index is 0.0334. The zero-order valence-corrected chi connectivity index (χ0v) is 14.5. The summed E-state index contributed by atoms with van der Waals surface area (Å²) in [4.78, 5) is 17.9. The summed E-state index contributed by atoms with van der Waals surface area (Å²) < 4.78 is 22.5. The number of fused-ring (bicyclic) bond motifs is 3. The molecule has 126 valence electrons. The largest absolute Gasteiger partial charge is 0.298 e. The molecule has 0 unspecified atom stereocenters. The van der Waals surface area contributed by atoms with E-state index in [0.29, 0.717) is 10.7 Å². The van der Waals surface area contributed by atoms with Gasteiger partial charge >= 0.3 is 0 Å². The van der Waals surface area contributed by atoms with Crippen molar-refractivity contribution in [1.29, 1.82) is 0 Å². The van der Waals surface area contributed by atoms with Crippen molar-refractivity contribution < 1.29 is 13.2 Å². The molecule has 0 aliphatic heterocycles. The predicted molar refractivity (Wildman–Crippen MR) is 96.1 cm³/mol. The van der Waals surface area contributed by atoms with E-state index in [9.17, 15) is 13.2 Å². The molecule has 8 heteroatoms. The average Bonchev–Trinajstić information content (AvgIpc) is 3.11. The number of nitrogens with one attached hydrogen (secondary N) is 1. The van der Waals surface area contributed by atoms with Crippen LogP contribution in [-0.2, 0) is 16.4 Å². The highest BCUT2D eigenvalue weighted by Gasteiger charge is 2.23. The van der Waals surface area contributed by atoms with Crippen LogP contribution in [-0.4, -0.2) is 19.3 Å². The van der Waals surface area contributed by atoms with E-state index in [1.807, 2.05) is 18.2 Å². The summed E-state index contributed by atoms with van der Waals surface area (Å²) in [7, 11) is -3.77.